The Bertz CT molecular complexity index is 315. The molecule has 0 aromatic heterocycles. The van der Waals surface area contributed by atoms with E-state index in [9.17, 15) is 4.79 Å². The molecule has 2 saturated heterocycles. The number of nitrogens with zero attached hydrogens (tertiary/aromatic N) is 2. The zero-order chi connectivity index (χ0) is 15.1. The van der Waals surface area contributed by atoms with Gasteiger partial charge in [-0.15, -0.1) is 0 Å². The highest BCUT2D eigenvalue weighted by Crippen LogP contribution is 2.20. The van der Waals surface area contributed by atoms with Crippen molar-refractivity contribution in [1.82, 2.24) is 15.1 Å². The van der Waals surface area contributed by atoms with Crippen LogP contribution in [0.25, 0.3) is 0 Å². The molecule has 2 aliphatic heterocycles. The van der Waals surface area contributed by atoms with Gasteiger partial charge in [0.2, 0.25) is 5.91 Å². The van der Waals surface area contributed by atoms with Crippen LogP contribution < -0.4 is 5.32 Å². The molecule has 2 atom stereocenters. The Hall–Kier alpha value is -0.610. The summed E-state index contributed by atoms with van der Waals surface area (Å²) in [6.07, 6.45) is 7.25. The van der Waals surface area contributed by atoms with Crippen LogP contribution in [0.5, 0.6) is 0 Å². The highest BCUT2D eigenvalue weighted by atomic mass is 16.2. The molecule has 21 heavy (non-hydrogen) atoms. The molecule has 0 saturated carbocycles. The van der Waals surface area contributed by atoms with Crippen molar-refractivity contribution in [2.75, 3.05) is 39.3 Å². The van der Waals surface area contributed by atoms with Gasteiger partial charge in [0.15, 0.2) is 0 Å². The van der Waals surface area contributed by atoms with Crippen LogP contribution in [0.3, 0.4) is 0 Å². The van der Waals surface area contributed by atoms with E-state index in [2.05, 4.69) is 29.0 Å². The standard InChI is InChI=1S/C17H33N3O/c1-3-9-18-16-8-12-19(13-15(16)4-2)14-17(21)20-10-6-5-7-11-20/h15-16,18H,3-14H2,1-2H3. The Morgan fingerprint density at radius 3 is 2.57 bits per heavy atom. The smallest absolute Gasteiger partial charge is 0.236 e. The molecule has 2 unspecified atom stereocenters. The van der Waals surface area contributed by atoms with Gasteiger partial charge in [-0.3, -0.25) is 9.69 Å². The summed E-state index contributed by atoms with van der Waals surface area (Å²) in [5.74, 6) is 1.05. The monoisotopic (exact) mass is 295 g/mol. The van der Waals surface area contributed by atoms with Crippen LogP contribution >= 0.6 is 0 Å². The van der Waals surface area contributed by atoms with Crippen molar-refractivity contribution >= 4 is 5.91 Å². The highest BCUT2D eigenvalue weighted by molar-refractivity contribution is 5.78. The summed E-state index contributed by atoms with van der Waals surface area (Å²) in [6, 6.07) is 0.649. The number of amides is 1. The van der Waals surface area contributed by atoms with Crippen LogP contribution in [0.4, 0.5) is 0 Å². The van der Waals surface area contributed by atoms with E-state index in [1.54, 1.807) is 0 Å². The fraction of sp³-hybridized carbons (Fsp3) is 0.941. The van der Waals surface area contributed by atoms with E-state index < -0.39 is 0 Å². The third-order valence-corrected chi connectivity index (χ3v) is 5.07. The summed E-state index contributed by atoms with van der Waals surface area (Å²) in [6.45, 7) is 10.4. The SMILES string of the molecule is CCCNC1CCN(CC(=O)N2CCCCC2)CC1CC. The first-order chi connectivity index (χ1) is 10.2. The van der Waals surface area contributed by atoms with Crippen LogP contribution in [-0.2, 0) is 4.79 Å². The van der Waals surface area contributed by atoms with Gasteiger partial charge in [-0.2, -0.15) is 0 Å². The number of hydrogen-bond acceptors (Lipinski definition) is 3. The summed E-state index contributed by atoms with van der Waals surface area (Å²) >= 11 is 0. The average Bonchev–Trinajstić information content (AvgIpc) is 2.54. The number of carbonyl (C=O) groups is 1. The topological polar surface area (TPSA) is 35.6 Å². The lowest BCUT2D eigenvalue weighted by molar-refractivity contribution is -0.133. The molecule has 0 aliphatic carbocycles. The molecule has 4 nitrogen and oxygen atoms in total. The number of rotatable bonds is 6. The molecule has 1 amide bonds. The average molecular weight is 295 g/mol. The lowest BCUT2D eigenvalue weighted by Crippen LogP contribution is -2.52. The largest absolute Gasteiger partial charge is 0.342 e. The Morgan fingerprint density at radius 2 is 1.90 bits per heavy atom. The van der Waals surface area contributed by atoms with Crippen LogP contribution in [0.2, 0.25) is 0 Å². The predicted octanol–water partition coefficient (Wildman–Crippen LogP) is 2.10. The molecule has 0 bridgehead atoms. The fourth-order valence-corrected chi connectivity index (χ4v) is 3.70. The Morgan fingerprint density at radius 1 is 1.14 bits per heavy atom. The number of carbonyl (C=O) groups excluding carboxylic acids is 1. The normalized spacial score (nSPS) is 27.8. The van der Waals surface area contributed by atoms with Crippen LogP contribution in [0.15, 0.2) is 0 Å². The van der Waals surface area contributed by atoms with Crippen LogP contribution in [0.1, 0.15) is 52.4 Å². The molecule has 0 aromatic rings. The summed E-state index contributed by atoms with van der Waals surface area (Å²) < 4.78 is 0. The van der Waals surface area contributed by atoms with Crippen molar-refractivity contribution < 1.29 is 4.79 Å². The van der Waals surface area contributed by atoms with Gasteiger partial charge in [-0.1, -0.05) is 20.3 Å². The summed E-state index contributed by atoms with van der Waals surface area (Å²) in [5.41, 5.74) is 0. The summed E-state index contributed by atoms with van der Waals surface area (Å²) in [7, 11) is 0. The molecule has 2 aliphatic rings. The molecule has 2 fully saturated rings. The predicted molar refractivity (Wildman–Crippen MR) is 87.4 cm³/mol. The van der Waals surface area contributed by atoms with E-state index in [1.165, 1.54) is 38.5 Å². The lowest BCUT2D eigenvalue weighted by atomic mass is 9.89. The Balaban J connectivity index is 1.78. The third-order valence-electron chi connectivity index (χ3n) is 5.07. The van der Waals surface area contributed by atoms with Crippen molar-refractivity contribution in [2.45, 2.75) is 58.4 Å². The van der Waals surface area contributed by atoms with Crippen molar-refractivity contribution in [3.05, 3.63) is 0 Å². The van der Waals surface area contributed by atoms with Crippen LogP contribution in [0, 0.1) is 5.92 Å². The summed E-state index contributed by atoms with van der Waals surface area (Å²) in [4.78, 5) is 16.8. The lowest BCUT2D eigenvalue weighted by Gasteiger charge is -2.39. The highest BCUT2D eigenvalue weighted by Gasteiger charge is 2.29. The maximum absolute atomic E-state index is 12.4. The number of likely N-dealkylation sites (tertiary alicyclic amines) is 2. The molecule has 2 rings (SSSR count). The number of hydrogen-bond donors (Lipinski definition) is 1. The van der Waals surface area contributed by atoms with Gasteiger partial charge in [-0.05, 0) is 44.6 Å². The molecule has 2 heterocycles. The van der Waals surface area contributed by atoms with E-state index >= 15 is 0 Å². The molecule has 1 N–H and O–H groups in total. The molecular weight excluding hydrogens is 262 g/mol. The minimum atomic E-state index is 0.351. The molecular formula is C17H33N3O. The maximum Gasteiger partial charge on any atom is 0.236 e. The second-order valence-electron chi connectivity index (χ2n) is 6.69. The second-order valence-corrected chi connectivity index (χ2v) is 6.69. The summed E-state index contributed by atoms with van der Waals surface area (Å²) in [5, 5.41) is 3.69. The van der Waals surface area contributed by atoms with E-state index in [1.807, 2.05) is 0 Å². The molecule has 0 spiro atoms. The van der Waals surface area contributed by atoms with Crippen LogP contribution in [-0.4, -0.2) is 61.0 Å². The van der Waals surface area contributed by atoms with Crippen molar-refractivity contribution in [2.24, 2.45) is 5.92 Å². The molecule has 4 heteroatoms. The van der Waals surface area contributed by atoms with Gasteiger partial charge >= 0.3 is 0 Å². The zero-order valence-electron chi connectivity index (χ0n) is 13.9. The second kappa shape index (κ2) is 8.74. The van der Waals surface area contributed by atoms with Crippen molar-refractivity contribution in [1.29, 1.82) is 0 Å². The minimum absolute atomic E-state index is 0.351. The first-order valence-corrected chi connectivity index (χ1v) is 8.98. The minimum Gasteiger partial charge on any atom is -0.342 e. The third kappa shape index (κ3) is 4.96. The van der Waals surface area contributed by atoms with Gasteiger partial charge in [0.25, 0.3) is 0 Å². The maximum atomic E-state index is 12.4. The number of nitrogens with one attached hydrogen (secondary N) is 1. The first kappa shape index (κ1) is 16.8. The zero-order valence-corrected chi connectivity index (χ0v) is 13.9. The van der Waals surface area contributed by atoms with E-state index in [0.717, 1.165) is 32.7 Å². The Labute approximate surface area is 130 Å². The van der Waals surface area contributed by atoms with Crippen molar-refractivity contribution in [3.8, 4) is 0 Å². The van der Waals surface area contributed by atoms with E-state index in [-0.39, 0.29) is 0 Å². The van der Waals surface area contributed by atoms with Gasteiger partial charge in [0.05, 0.1) is 6.54 Å². The number of piperidine rings is 2. The van der Waals surface area contributed by atoms with E-state index in [4.69, 9.17) is 0 Å². The molecule has 0 aromatic carbocycles. The van der Waals surface area contributed by atoms with Gasteiger partial charge in [0.1, 0.15) is 0 Å². The van der Waals surface area contributed by atoms with Gasteiger partial charge in [0, 0.05) is 32.2 Å². The molecule has 0 radical (unpaired) electrons. The van der Waals surface area contributed by atoms with Crippen molar-refractivity contribution in [3.63, 3.8) is 0 Å². The molecule has 122 valence electrons. The fourth-order valence-electron chi connectivity index (χ4n) is 3.70. The first-order valence-electron chi connectivity index (χ1n) is 8.98. The quantitative estimate of drug-likeness (QED) is 0.815. The van der Waals surface area contributed by atoms with E-state index in [0.29, 0.717) is 24.4 Å². The van der Waals surface area contributed by atoms with Gasteiger partial charge in [-0.25, -0.2) is 0 Å². The Kier molecular flexibility index (Phi) is 6.97. The van der Waals surface area contributed by atoms with Gasteiger partial charge < -0.3 is 10.2 Å².